The predicted octanol–water partition coefficient (Wildman–Crippen LogP) is 4.28. The van der Waals surface area contributed by atoms with Crippen LogP contribution in [0.5, 0.6) is 0 Å². The van der Waals surface area contributed by atoms with Gasteiger partial charge in [-0.2, -0.15) is 0 Å². The van der Waals surface area contributed by atoms with Crippen LogP contribution in [-0.2, 0) is 39.8 Å². The van der Waals surface area contributed by atoms with Crippen LogP contribution in [0.2, 0.25) is 10.2 Å². The van der Waals surface area contributed by atoms with Gasteiger partial charge in [0.1, 0.15) is 16.8 Å². The molecule has 0 bridgehead atoms. The molecule has 1 N–H and O–H groups in total. The number of carbonyl (C=O) groups is 4. The number of benzene rings is 1. The van der Waals surface area contributed by atoms with Crippen LogP contribution in [0.15, 0.2) is 36.7 Å². The highest BCUT2D eigenvalue weighted by Crippen LogP contribution is 2.47. The van der Waals surface area contributed by atoms with E-state index in [0.29, 0.717) is 29.9 Å². The Morgan fingerprint density at radius 2 is 1.96 bits per heavy atom. The first kappa shape index (κ1) is 35.1. The Bertz CT molecular complexity index is 1780. The van der Waals surface area contributed by atoms with Crippen molar-refractivity contribution in [1.29, 1.82) is 0 Å². The van der Waals surface area contributed by atoms with Crippen LogP contribution in [0, 0.1) is 17.8 Å². The fraction of sp³-hybridized carbons (Fsp3) is 0.455. The van der Waals surface area contributed by atoms with Gasteiger partial charge in [-0.3, -0.25) is 19.1 Å². The Balaban J connectivity index is 1.47. The third-order valence-corrected chi connectivity index (χ3v) is 9.07. The van der Waals surface area contributed by atoms with Crippen LogP contribution in [0.25, 0.3) is 11.2 Å². The van der Waals surface area contributed by atoms with Crippen molar-refractivity contribution in [3.63, 3.8) is 0 Å². The summed E-state index contributed by atoms with van der Waals surface area (Å²) in [6.07, 6.45) is 4.93. The fourth-order valence-electron chi connectivity index (χ4n) is 5.92. The molecule has 2 aliphatic heterocycles. The Morgan fingerprint density at radius 3 is 2.58 bits per heavy atom. The number of rotatable bonds is 11. The molecule has 1 aromatic carbocycles. The molecule has 1 unspecified atom stereocenters. The predicted molar refractivity (Wildman–Crippen MR) is 175 cm³/mol. The highest BCUT2D eigenvalue weighted by molar-refractivity contribution is 6.37. The molecule has 0 spiro atoms. The first-order chi connectivity index (χ1) is 22.8. The Labute approximate surface area is 287 Å². The first-order valence-corrected chi connectivity index (χ1v) is 16.1. The van der Waals surface area contributed by atoms with E-state index in [1.165, 1.54) is 30.8 Å². The molecule has 2 fully saturated rings. The van der Waals surface area contributed by atoms with Gasteiger partial charge in [-0.15, -0.1) is 6.42 Å². The number of hydrogen-bond donors (Lipinski definition) is 1. The summed E-state index contributed by atoms with van der Waals surface area (Å²) in [6.45, 7) is 6.52. The molecule has 254 valence electrons. The van der Waals surface area contributed by atoms with Crippen molar-refractivity contribution in [2.45, 2.75) is 64.6 Å². The Hall–Kier alpha value is -4.22. The standard InChI is InChI=1S/C33H35Cl2N5O8/c1-6-32(5)24(48-29(27(32)47-20(4)42)40-18-37-26-23(34)15-25(35)38-28(26)40)17-46-33(19(3)41,30(43)45-7-2)16-21-9-11-22(12-10-21)39-14-8-13-36-31(39)44/h1,9-12,15,18,24,27,29H,7-8,13-14,16-17H2,2-5H3,(H,36,44)/t24-,27+,29-,32+,33?/m1/s1. The van der Waals surface area contributed by atoms with E-state index in [2.05, 4.69) is 21.2 Å². The number of anilines is 1. The highest BCUT2D eigenvalue weighted by atomic mass is 35.5. The summed E-state index contributed by atoms with van der Waals surface area (Å²) in [7, 11) is 0. The van der Waals surface area contributed by atoms with Gasteiger partial charge in [0, 0.05) is 32.1 Å². The van der Waals surface area contributed by atoms with Crippen LogP contribution in [0.4, 0.5) is 10.5 Å². The maximum absolute atomic E-state index is 13.5. The van der Waals surface area contributed by atoms with Gasteiger partial charge >= 0.3 is 18.0 Å². The third-order valence-electron chi connectivity index (χ3n) is 8.59. The molecule has 2 aromatic heterocycles. The molecule has 0 aliphatic carbocycles. The molecule has 5 atom stereocenters. The second kappa shape index (κ2) is 14.1. The van der Waals surface area contributed by atoms with Crippen LogP contribution in [-0.4, -0.2) is 82.4 Å². The van der Waals surface area contributed by atoms with Gasteiger partial charge in [-0.05, 0) is 51.0 Å². The number of urea groups is 1. The lowest BCUT2D eigenvalue weighted by molar-refractivity contribution is -0.182. The zero-order chi connectivity index (χ0) is 34.8. The van der Waals surface area contributed by atoms with E-state index in [4.69, 9.17) is 48.6 Å². The van der Waals surface area contributed by atoms with Crippen molar-refractivity contribution in [2.75, 3.05) is 31.2 Å². The second-order valence-corrected chi connectivity index (χ2v) is 12.5. The van der Waals surface area contributed by atoms with Crippen molar-refractivity contribution in [3.8, 4) is 12.3 Å². The first-order valence-electron chi connectivity index (χ1n) is 15.3. The zero-order valence-electron chi connectivity index (χ0n) is 26.8. The number of terminal acetylenes is 1. The number of ketones is 1. The molecule has 15 heteroatoms. The van der Waals surface area contributed by atoms with E-state index in [9.17, 15) is 19.2 Å². The second-order valence-electron chi connectivity index (χ2n) is 11.7. The molecule has 4 heterocycles. The summed E-state index contributed by atoms with van der Waals surface area (Å²) < 4.78 is 25.3. The number of amides is 2. The van der Waals surface area contributed by atoms with Crippen molar-refractivity contribution >= 4 is 63.8 Å². The minimum Gasteiger partial charge on any atom is -0.463 e. The topological polar surface area (TPSA) is 151 Å². The molecule has 2 aliphatic rings. The van der Waals surface area contributed by atoms with E-state index in [-0.39, 0.29) is 41.5 Å². The molecule has 0 saturated carbocycles. The summed E-state index contributed by atoms with van der Waals surface area (Å²) >= 11 is 12.5. The molecular formula is C33H35Cl2N5O8. The Morgan fingerprint density at radius 1 is 1.23 bits per heavy atom. The maximum atomic E-state index is 13.5. The van der Waals surface area contributed by atoms with Gasteiger partial charge < -0.3 is 24.3 Å². The minimum absolute atomic E-state index is 0.00927. The number of hydrogen-bond acceptors (Lipinski definition) is 10. The molecule has 0 radical (unpaired) electrons. The van der Waals surface area contributed by atoms with Crippen molar-refractivity contribution in [1.82, 2.24) is 19.9 Å². The lowest BCUT2D eigenvalue weighted by atomic mass is 9.81. The van der Waals surface area contributed by atoms with Crippen molar-refractivity contribution in [3.05, 3.63) is 52.4 Å². The summed E-state index contributed by atoms with van der Waals surface area (Å²) in [5, 5.41) is 3.16. The molecule has 5 rings (SSSR count). The number of Topliss-reactive ketones (excluding diaryl/α,β-unsaturated/α-hetero) is 1. The van der Waals surface area contributed by atoms with Gasteiger partial charge in [-0.1, -0.05) is 41.3 Å². The Kier molecular flexibility index (Phi) is 10.3. The number of esters is 2. The van der Waals surface area contributed by atoms with Crippen LogP contribution >= 0.6 is 23.2 Å². The number of nitrogens with zero attached hydrogens (tertiary/aromatic N) is 4. The van der Waals surface area contributed by atoms with Gasteiger partial charge in [0.2, 0.25) is 5.60 Å². The van der Waals surface area contributed by atoms with Crippen molar-refractivity contribution < 1.29 is 38.1 Å². The molecule has 3 aromatic rings. The van der Waals surface area contributed by atoms with Gasteiger partial charge in [-0.25, -0.2) is 19.6 Å². The summed E-state index contributed by atoms with van der Waals surface area (Å²) in [5.41, 5.74) is -1.59. The fourth-order valence-corrected chi connectivity index (χ4v) is 6.40. The van der Waals surface area contributed by atoms with Crippen LogP contribution in [0.3, 0.4) is 0 Å². The normalized spacial score (nSPS) is 23.6. The lowest BCUT2D eigenvalue weighted by Gasteiger charge is -2.33. The van der Waals surface area contributed by atoms with E-state index >= 15 is 0 Å². The molecular weight excluding hydrogens is 665 g/mol. The molecule has 13 nitrogen and oxygen atoms in total. The largest absolute Gasteiger partial charge is 0.463 e. The van der Waals surface area contributed by atoms with Gasteiger partial charge in [0.05, 0.1) is 30.0 Å². The molecule has 2 amide bonds. The zero-order valence-corrected chi connectivity index (χ0v) is 28.3. The van der Waals surface area contributed by atoms with E-state index in [1.54, 1.807) is 43.0 Å². The number of halogens is 2. The quantitative estimate of drug-likeness (QED) is 0.133. The number of aromatic nitrogens is 3. The number of nitrogens with one attached hydrogen (secondary N) is 1. The van der Waals surface area contributed by atoms with Crippen molar-refractivity contribution in [2.24, 2.45) is 5.41 Å². The third kappa shape index (κ3) is 6.58. The van der Waals surface area contributed by atoms with E-state index in [0.717, 1.165) is 6.42 Å². The SMILES string of the molecule is C#C[C@@]1(C)[C@@H](COC(Cc2ccc(N3CCCNC3=O)cc2)(C(C)=O)C(=O)OCC)O[C@@H](n2cnc3c(Cl)cc(Cl)nc32)[C@@H]1OC(C)=O. The van der Waals surface area contributed by atoms with Gasteiger partial charge in [0.15, 0.2) is 23.8 Å². The minimum atomic E-state index is -2.09. The number of pyridine rings is 1. The highest BCUT2D eigenvalue weighted by Gasteiger charge is 2.58. The average Bonchev–Trinajstić information content (AvgIpc) is 3.58. The van der Waals surface area contributed by atoms with Crippen LogP contribution in [0.1, 0.15) is 45.9 Å². The smallest absolute Gasteiger partial charge is 0.346 e. The molecule has 2 saturated heterocycles. The average molecular weight is 701 g/mol. The monoisotopic (exact) mass is 699 g/mol. The number of imidazole rings is 1. The number of ether oxygens (including phenoxy) is 4. The summed E-state index contributed by atoms with van der Waals surface area (Å²) in [5.74, 6) is 0.570. The van der Waals surface area contributed by atoms with E-state index in [1.807, 2.05) is 0 Å². The number of fused-ring (bicyclic) bond motifs is 1. The lowest BCUT2D eigenvalue weighted by Crippen LogP contribution is -2.53. The van der Waals surface area contributed by atoms with Gasteiger partial charge in [0.25, 0.3) is 0 Å². The molecule has 48 heavy (non-hydrogen) atoms. The van der Waals surface area contributed by atoms with Crippen LogP contribution < -0.4 is 10.2 Å². The maximum Gasteiger partial charge on any atom is 0.346 e. The van der Waals surface area contributed by atoms with E-state index < -0.39 is 47.2 Å². The number of carbonyl (C=O) groups excluding carboxylic acids is 4. The summed E-state index contributed by atoms with van der Waals surface area (Å²) in [6, 6.07) is 8.15. The summed E-state index contributed by atoms with van der Waals surface area (Å²) in [4.78, 5) is 61.9.